The van der Waals surface area contributed by atoms with Gasteiger partial charge in [-0.15, -0.1) is 6.58 Å². The van der Waals surface area contributed by atoms with Gasteiger partial charge in [0.05, 0.1) is 0 Å². The van der Waals surface area contributed by atoms with Gasteiger partial charge >= 0.3 is 0 Å². The fourth-order valence-corrected chi connectivity index (χ4v) is 3.54. The number of hydrogen-bond donors (Lipinski definition) is 2. The Balaban J connectivity index is 2.45. The summed E-state index contributed by atoms with van der Waals surface area (Å²) in [5, 5.41) is 19.6. The van der Waals surface area contributed by atoms with Crippen LogP contribution in [0.4, 0.5) is 0 Å². The lowest BCUT2D eigenvalue weighted by atomic mass is 9.88. The monoisotopic (exact) mass is 346 g/mol. The van der Waals surface area contributed by atoms with Gasteiger partial charge in [-0.25, -0.2) is 0 Å². The molecule has 2 nitrogen and oxygen atoms in total. The maximum atomic E-state index is 9.81. The number of rotatable bonds is 15. The Morgan fingerprint density at radius 3 is 1.88 bits per heavy atom. The van der Waals surface area contributed by atoms with E-state index in [1.165, 1.54) is 70.3 Å². The second-order valence-corrected chi connectivity index (χ2v) is 7.32. The molecule has 142 valence electrons. The highest BCUT2D eigenvalue weighted by atomic mass is 16.3. The first-order chi connectivity index (χ1) is 12.2. The van der Waals surface area contributed by atoms with E-state index in [0.717, 1.165) is 24.8 Å². The van der Waals surface area contributed by atoms with Crippen LogP contribution in [0.1, 0.15) is 102 Å². The summed E-state index contributed by atoms with van der Waals surface area (Å²) in [5.41, 5.74) is 1.09. The third-order valence-corrected chi connectivity index (χ3v) is 5.01. The van der Waals surface area contributed by atoms with Crippen LogP contribution < -0.4 is 0 Å². The van der Waals surface area contributed by atoms with E-state index in [4.69, 9.17) is 0 Å². The van der Waals surface area contributed by atoms with Gasteiger partial charge < -0.3 is 10.2 Å². The van der Waals surface area contributed by atoms with Crippen molar-refractivity contribution in [2.24, 2.45) is 0 Å². The van der Waals surface area contributed by atoms with Crippen molar-refractivity contribution >= 4 is 0 Å². The van der Waals surface area contributed by atoms with Crippen LogP contribution in [0, 0.1) is 0 Å². The van der Waals surface area contributed by atoms with Crippen molar-refractivity contribution in [1.29, 1.82) is 0 Å². The van der Waals surface area contributed by atoms with Crippen LogP contribution in [-0.4, -0.2) is 10.2 Å². The van der Waals surface area contributed by atoms with Gasteiger partial charge in [0.1, 0.15) is 11.5 Å². The van der Waals surface area contributed by atoms with Crippen molar-refractivity contribution in [3.63, 3.8) is 0 Å². The molecule has 1 rings (SSSR count). The molecule has 0 saturated carbocycles. The van der Waals surface area contributed by atoms with Gasteiger partial charge in [0, 0.05) is 6.07 Å². The lowest BCUT2D eigenvalue weighted by Crippen LogP contribution is -2.00. The topological polar surface area (TPSA) is 40.5 Å². The van der Waals surface area contributed by atoms with Crippen LogP contribution in [-0.2, 0) is 0 Å². The van der Waals surface area contributed by atoms with Crippen LogP contribution in [0.5, 0.6) is 11.5 Å². The van der Waals surface area contributed by atoms with E-state index in [1.54, 1.807) is 0 Å². The van der Waals surface area contributed by atoms with E-state index in [9.17, 15) is 10.2 Å². The molecule has 0 aliphatic carbocycles. The van der Waals surface area contributed by atoms with E-state index < -0.39 is 0 Å². The highest BCUT2D eigenvalue weighted by Crippen LogP contribution is 2.33. The van der Waals surface area contributed by atoms with Crippen molar-refractivity contribution in [3.05, 3.63) is 36.4 Å². The molecule has 2 heteroatoms. The standard InChI is InChI=1S/C23H38O2/c1-3-5-7-9-10-12-14-16-20(15-13-11-8-6-4-2)21-17-22(24)19-23(25)18-21/h4,17-20,24-25H,2-3,5-16H2,1H3. The first-order valence-electron chi connectivity index (χ1n) is 10.3. The minimum Gasteiger partial charge on any atom is -0.508 e. The first-order valence-corrected chi connectivity index (χ1v) is 10.3. The normalized spacial score (nSPS) is 12.2. The summed E-state index contributed by atoms with van der Waals surface area (Å²) < 4.78 is 0. The van der Waals surface area contributed by atoms with Gasteiger partial charge in [-0.1, -0.05) is 70.8 Å². The third kappa shape index (κ3) is 10.2. The molecule has 0 radical (unpaired) electrons. The Kier molecular flexibility index (Phi) is 11.9. The van der Waals surface area contributed by atoms with Gasteiger partial charge in [-0.05, 0) is 49.3 Å². The smallest absolute Gasteiger partial charge is 0.119 e. The fraction of sp³-hybridized carbons (Fsp3) is 0.652. The molecule has 0 bridgehead atoms. The SMILES string of the molecule is C=CCCCCCC(CCCCCCCCC)c1cc(O)cc(O)c1. The number of benzene rings is 1. The molecule has 0 aliphatic heterocycles. The highest BCUT2D eigenvalue weighted by molar-refractivity contribution is 5.38. The highest BCUT2D eigenvalue weighted by Gasteiger charge is 2.13. The van der Waals surface area contributed by atoms with E-state index in [2.05, 4.69) is 13.5 Å². The number of aromatic hydroxyl groups is 2. The van der Waals surface area contributed by atoms with Crippen LogP contribution in [0.25, 0.3) is 0 Å². The van der Waals surface area contributed by atoms with Crippen LogP contribution >= 0.6 is 0 Å². The molecular formula is C23H38O2. The van der Waals surface area contributed by atoms with Crippen molar-refractivity contribution < 1.29 is 10.2 Å². The lowest BCUT2D eigenvalue weighted by Gasteiger charge is -2.18. The van der Waals surface area contributed by atoms with Gasteiger partial charge in [-0.3, -0.25) is 0 Å². The molecule has 25 heavy (non-hydrogen) atoms. The Morgan fingerprint density at radius 2 is 1.32 bits per heavy atom. The fourth-order valence-electron chi connectivity index (χ4n) is 3.54. The summed E-state index contributed by atoms with van der Waals surface area (Å²) in [4.78, 5) is 0. The lowest BCUT2D eigenvalue weighted by molar-refractivity contribution is 0.442. The molecule has 0 aromatic heterocycles. The molecule has 1 aromatic carbocycles. The number of phenolic OH excluding ortho intramolecular Hbond substituents is 2. The quantitative estimate of drug-likeness (QED) is 0.255. The Hall–Kier alpha value is -1.44. The number of allylic oxidation sites excluding steroid dienone is 1. The molecule has 2 N–H and O–H groups in total. The zero-order valence-corrected chi connectivity index (χ0v) is 16.2. The molecule has 0 spiro atoms. The summed E-state index contributed by atoms with van der Waals surface area (Å²) in [6.45, 7) is 6.04. The zero-order chi connectivity index (χ0) is 18.3. The van der Waals surface area contributed by atoms with Crippen LogP contribution in [0.2, 0.25) is 0 Å². The molecule has 0 fully saturated rings. The molecule has 0 amide bonds. The average molecular weight is 347 g/mol. The van der Waals surface area contributed by atoms with Crippen molar-refractivity contribution in [3.8, 4) is 11.5 Å². The second-order valence-electron chi connectivity index (χ2n) is 7.32. The first kappa shape index (κ1) is 21.6. The van der Waals surface area contributed by atoms with Gasteiger partial charge in [-0.2, -0.15) is 0 Å². The van der Waals surface area contributed by atoms with Crippen molar-refractivity contribution in [1.82, 2.24) is 0 Å². The predicted molar refractivity (Wildman–Crippen MR) is 108 cm³/mol. The van der Waals surface area contributed by atoms with E-state index in [-0.39, 0.29) is 11.5 Å². The van der Waals surface area contributed by atoms with Crippen LogP contribution in [0.3, 0.4) is 0 Å². The minimum atomic E-state index is 0.172. The molecule has 0 saturated heterocycles. The van der Waals surface area contributed by atoms with Crippen LogP contribution in [0.15, 0.2) is 30.9 Å². The Morgan fingerprint density at radius 1 is 0.800 bits per heavy atom. The molecule has 1 aromatic rings. The Labute approximate surface area is 155 Å². The van der Waals surface area contributed by atoms with Crippen molar-refractivity contribution in [2.75, 3.05) is 0 Å². The number of phenols is 2. The van der Waals surface area contributed by atoms with Gasteiger partial charge in [0.25, 0.3) is 0 Å². The number of hydrogen-bond acceptors (Lipinski definition) is 2. The summed E-state index contributed by atoms with van der Waals surface area (Å²) >= 11 is 0. The maximum absolute atomic E-state index is 9.81. The zero-order valence-electron chi connectivity index (χ0n) is 16.2. The largest absolute Gasteiger partial charge is 0.508 e. The van der Waals surface area contributed by atoms with Gasteiger partial charge in [0.2, 0.25) is 0 Å². The maximum Gasteiger partial charge on any atom is 0.119 e. The average Bonchev–Trinajstić information content (AvgIpc) is 2.58. The third-order valence-electron chi connectivity index (χ3n) is 5.01. The van der Waals surface area contributed by atoms with E-state index in [1.807, 2.05) is 18.2 Å². The molecular weight excluding hydrogens is 308 g/mol. The van der Waals surface area contributed by atoms with E-state index >= 15 is 0 Å². The summed E-state index contributed by atoms with van der Waals surface area (Å²) in [5.74, 6) is 0.787. The summed E-state index contributed by atoms with van der Waals surface area (Å²) in [7, 11) is 0. The van der Waals surface area contributed by atoms with E-state index in [0.29, 0.717) is 5.92 Å². The molecule has 0 heterocycles. The minimum absolute atomic E-state index is 0.172. The second kappa shape index (κ2) is 13.8. The Bertz CT molecular complexity index is 447. The molecule has 1 atom stereocenters. The molecule has 1 unspecified atom stereocenters. The van der Waals surface area contributed by atoms with Crippen molar-refractivity contribution in [2.45, 2.75) is 96.3 Å². The predicted octanol–water partition coefficient (Wildman–Crippen LogP) is 7.46. The number of unbranched alkanes of at least 4 members (excludes halogenated alkanes) is 9. The summed E-state index contributed by atoms with van der Waals surface area (Å²) in [6.07, 6.45) is 18.2. The summed E-state index contributed by atoms with van der Waals surface area (Å²) in [6, 6.07) is 5.07. The molecule has 0 aliphatic rings. The van der Waals surface area contributed by atoms with Gasteiger partial charge in [0.15, 0.2) is 0 Å².